The molecule has 0 fully saturated rings. The van der Waals surface area contributed by atoms with Crippen LogP contribution in [-0.2, 0) is 20.2 Å². The lowest BCUT2D eigenvalue weighted by molar-refractivity contribution is -0.114. The van der Waals surface area contributed by atoms with E-state index in [1.807, 2.05) is 38.1 Å². The van der Waals surface area contributed by atoms with E-state index in [0.29, 0.717) is 12.2 Å². The largest absolute Gasteiger partial charge is 0.326 e. The van der Waals surface area contributed by atoms with E-state index in [1.165, 1.54) is 23.4 Å². The maximum absolute atomic E-state index is 13.1. The predicted octanol–water partition coefficient (Wildman–Crippen LogP) is 3.13. The molecule has 1 aliphatic rings. The van der Waals surface area contributed by atoms with Gasteiger partial charge in [0.2, 0.25) is 5.91 Å². The van der Waals surface area contributed by atoms with Crippen molar-refractivity contribution < 1.29 is 13.2 Å². The van der Waals surface area contributed by atoms with Crippen LogP contribution in [0.1, 0.15) is 26.3 Å². The van der Waals surface area contributed by atoms with Crippen molar-refractivity contribution in [2.45, 2.75) is 31.1 Å². The molecule has 6 heteroatoms. The van der Waals surface area contributed by atoms with Crippen LogP contribution in [0.5, 0.6) is 0 Å². The van der Waals surface area contributed by atoms with Gasteiger partial charge in [-0.15, -0.1) is 0 Å². The third-order valence-electron chi connectivity index (χ3n) is 4.20. The van der Waals surface area contributed by atoms with E-state index >= 15 is 0 Å². The monoisotopic (exact) mass is 344 g/mol. The summed E-state index contributed by atoms with van der Waals surface area (Å²) in [5.74, 6) is -0.194. The summed E-state index contributed by atoms with van der Waals surface area (Å²) in [5.41, 5.74) is 2.10. The first kappa shape index (κ1) is 16.5. The van der Waals surface area contributed by atoms with Crippen LogP contribution >= 0.6 is 0 Å². The van der Waals surface area contributed by atoms with Gasteiger partial charge in [-0.1, -0.05) is 32.0 Å². The molecule has 0 saturated heterocycles. The highest BCUT2D eigenvalue weighted by Crippen LogP contribution is 2.42. The Bertz CT molecular complexity index is 887. The van der Waals surface area contributed by atoms with E-state index < -0.39 is 10.0 Å². The lowest BCUT2D eigenvalue weighted by Gasteiger charge is -2.22. The Morgan fingerprint density at radius 2 is 1.71 bits per heavy atom. The molecule has 1 N–H and O–H groups in total. The molecule has 126 valence electrons. The maximum atomic E-state index is 13.1. The molecule has 1 aliphatic heterocycles. The number of sulfonamides is 1. The second-order valence-electron chi connectivity index (χ2n) is 6.62. The Morgan fingerprint density at radius 1 is 1.08 bits per heavy atom. The molecule has 5 nitrogen and oxygen atoms in total. The van der Waals surface area contributed by atoms with Crippen LogP contribution in [0, 0.1) is 0 Å². The zero-order valence-electron chi connectivity index (χ0n) is 13.9. The number of fused-ring (bicyclic) bond motifs is 1. The summed E-state index contributed by atoms with van der Waals surface area (Å²) in [5, 5.41) is 2.63. The van der Waals surface area contributed by atoms with Crippen LogP contribution in [0.4, 0.5) is 11.4 Å². The van der Waals surface area contributed by atoms with Gasteiger partial charge in [-0.25, -0.2) is 8.42 Å². The fraction of sp³-hybridized carbons (Fsp3) is 0.278. The standard InChI is InChI=1S/C18H20N2O3S/c1-13(21)19-14-8-10-15(11-9-14)24(22,23)20-12-18(2,3)16-6-4-5-7-17(16)20/h4-11H,12H2,1-3H3,(H,19,21). The summed E-state index contributed by atoms with van der Waals surface area (Å²) in [6.45, 7) is 5.90. The molecule has 0 spiro atoms. The number of anilines is 2. The predicted molar refractivity (Wildman–Crippen MR) is 94.7 cm³/mol. The number of para-hydroxylation sites is 1. The summed E-state index contributed by atoms with van der Waals surface area (Å²) < 4.78 is 27.6. The maximum Gasteiger partial charge on any atom is 0.264 e. The molecule has 2 aromatic rings. The quantitative estimate of drug-likeness (QED) is 0.930. The van der Waals surface area contributed by atoms with Crippen LogP contribution in [0.15, 0.2) is 53.4 Å². The Kier molecular flexibility index (Phi) is 3.87. The minimum Gasteiger partial charge on any atom is -0.326 e. The normalized spacial score (nSPS) is 15.9. The first-order valence-corrected chi connectivity index (χ1v) is 9.16. The first-order chi connectivity index (χ1) is 11.2. The molecular weight excluding hydrogens is 324 g/mol. The average Bonchev–Trinajstić information content (AvgIpc) is 2.80. The molecule has 0 aromatic heterocycles. The smallest absolute Gasteiger partial charge is 0.264 e. The summed E-state index contributed by atoms with van der Waals surface area (Å²) >= 11 is 0. The van der Waals surface area contributed by atoms with E-state index in [1.54, 1.807) is 12.1 Å². The Morgan fingerprint density at radius 3 is 2.33 bits per heavy atom. The van der Waals surface area contributed by atoms with E-state index in [9.17, 15) is 13.2 Å². The Labute approximate surface area is 142 Å². The van der Waals surface area contributed by atoms with Gasteiger partial charge in [0.05, 0.1) is 10.6 Å². The SMILES string of the molecule is CC(=O)Nc1ccc(S(=O)(=O)N2CC(C)(C)c3ccccc32)cc1. The highest BCUT2D eigenvalue weighted by Gasteiger charge is 2.40. The van der Waals surface area contributed by atoms with Crippen molar-refractivity contribution in [3.05, 3.63) is 54.1 Å². The summed E-state index contributed by atoms with van der Waals surface area (Å²) in [4.78, 5) is 11.3. The molecule has 24 heavy (non-hydrogen) atoms. The van der Waals surface area contributed by atoms with Crippen molar-refractivity contribution in [3.63, 3.8) is 0 Å². The molecule has 2 aromatic carbocycles. The highest BCUT2D eigenvalue weighted by atomic mass is 32.2. The third kappa shape index (κ3) is 2.78. The second-order valence-corrected chi connectivity index (χ2v) is 8.48. The van der Waals surface area contributed by atoms with Crippen LogP contribution in [0.25, 0.3) is 0 Å². The molecule has 0 unspecified atom stereocenters. The first-order valence-electron chi connectivity index (χ1n) is 7.72. The minimum atomic E-state index is -3.65. The van der Waals surface area contributed by atoms with E-state index in [0.717, 1.165) is 11.3 Å². The van der Waals surface area contributed by atoms with Crippen molar-refractivity contribution in [2.75, 3.05) is 16.2 Å². The molecule has 1 heterocycles. The summed E-state index contributed by atoms with van der Waals surface area (Å²) in [7, 11) is -3.65. The second kappa shape index (κ2) is 5.63. The zero-order valence-corrected chi connectivity index (χ0v) is 14.7. The third-order valence-corrected chi connectivity index (χ3v) is 5.98. The molecule has 0 aliphatic carbocycles. The Hall–Kier alpha value is -2.34. The molecule has 0 radical (unpaired) electrons. The van der Waals surface area contributed by atoms with Gasteiger partial charge in [-0.2, -0.15) is 0 Å². The average molecular weight is 344 g/mol. The fourth-order valence-electron chi connectivity index (χ4n) is 3.05. The van der Waals surface area contributed by atoms with Gasteiger partial charge >= 0.3 is 0 Å². The van der Waals surface area contributed by atoms with Gasteiger partial charge in [0.25, 0.3) is 10.0 Å². The number of amides is 1. The van der Waals surface area contributed by atoms with Crippen LogP contribution in [0.2, 0.25) is 0 Å². The fourth-order valence-corrected chi connectivity index (χ4v) is 4.69. The number of nitrogens with zero attached hydrogens (tertiary/aromatic N) is 1. The zero-order chi connectivity index (χ0) is 17.5. The summed E-state index contributed by atoms with van der Waals surface area (Å²) in [6, 6.07) is 13.8. The van der Waals surface area contributed by atoms with Crippen LogP contribution < -0.4 is 9.62 Å². The highest BCUT2D eigenvalue weighted by molar-refractivity contribution is 7.92. The van der Waals surface area contributed by atoms with Crippen LogP contribution in [-0.4, -0.2) is 20.9 Å². The molecule has 3 rings (SSSR count). The lowest BCUT2D eigenvalue weighted by Crippen LogP contribution is -2.33. The number of hydrogen-bond acceptors (Lipinski definition) is 3. The minimum absolute atomic E-state index is 0.194. The van der Waals surface area contributed by atoms with E-state index in [2.05, 4.69) is 5.32 Å². The molecule has 0 saturated carbocycles. The van der Waals surface area contributed by atoms with Gasteiger partial charge in [-0.05, 0) is 35.9 Å². The number of carbonyl (C=O) groups is 1. The molecule has 0 atom stereocenters. The molecule has 0 bridgehead atoms. The Balaban J connectivity index is 1.99. The summed E-state index contributed by atoms with van der Waals surface area (Å²) in [6.07, 6.45) is 0. The van der Waals surface area contributed by atoms with Gasteiger partial charge in [0.1, 0.15) is 0 Å². The van der Waals surface area contributed by atoms with Crippen molar-refractivity contribution in [3.8, 4) is 0 Å². The molecular formula is C18H20N2O3S. The van der Waals surface area contributed by atoms with Gasteiger partial charge in [0, 0.05) is 24.6 Å². The van der Waals surface area contributed by atoms with E-state index in [4.69, 9.17) is 0 Å². The van der Waals surface area contributed by atoms with Crippen LogP contribution in [0.3, 0.4) is 0 Å². The van der Waals surface area contributed by atoms with Crippen molar-refractivity contribution in [1.29, 1.82) is 0 Å². The van der Waals surface area contributed by atoms with Crippen molar-refractivity contribution >= 4 is 27.3 Å². The van der Waals surface area contributed by atoms with Crippen molar-refractivity contribution in [1.82, 2.24) is 0 Å². The van der Waals surface area contributed by atoms with Gasteiger partial charge in [-0.3, -0.25) is 9.10 Å². The van der Waals surface area contributed by atoms with Crippen molar-refractivity contribution in [2.24, 2.45) is 0 Å². The van der Waals surface area contributed by atoms with E-state index in [-0.39, 0.29) is 16.2 Å². The van der Waals surface area contributed by atoms with Gasteiger partial charge < -0.3 is 5.32 Å². The number of carbonyl (C=O) groups excluding carboxylic acids is 1. The number of rotatable bonds is 3. The number of hydrogen-bond donors (Lipinski definition) is 1. The lowest BCUT2D eigenvalue weighted by atomic mass is 9.87. The topological polar surface area (TPSA) is 66.5 Å². The molecule has 1 amide bonds. The van der Waals surface area contributed by atoms with Gasteiger partial charge in [0.15, 0.2) is 0 Å². The number of benzene rings is 2. The number of nitrogens with one attached hydrogen (secondary N) is 1.